The van der Waals surface area contributed by atoms with Crippen molar-refractivity contribution in [1.82, 2.24) is 4.98 Å². The van der Waals surface area contributed by atoms with Crippen LogP contribution in [0, 0.1) is 6.92 Å². The molecule has 0 aromatic carbocycles. The molecule has 0 saturated carbocycles. The van der Waals surface area contributed by atoms with Gasteiger partial charge in [0.25, 0.3) is 5.56 Å². The van der Waals surface area contributed by atoms with E-state index in [9.17, 15) is 4.79 Å². The number of aryl methyl sites for hydroxylation is 1. The SMILES string of the molecule is Cc1ccc(C(C)(C)C)c(=O)[nH]1. The summed E-state index contributed by atoms with van der Waals surface area (Å²) in [5.41, 5.74) is 1.71. The monoisotopic (exact) mass is 165 g/mol. The molecule has 1 rings (SSSR count). The molecule has 0 amide bonds. The number of pyridine rings is 1. The van der Waals surface area contributed by atoms with Crippen molar-refractivity contribution in [2.24, 2.45) is 0 Å². The quantitative estimate of drug-likeness (QED) is 0.626. The van der Waals surface area contributed by atoms with E-state index in [2.05, 4.69) is 4.98 Å². The van der Waals surface area contributed by atoms with E-state index in [1.54, 1.807) is 0 Å². The summed E-state index contributed by atoms with van der Waals surface area (Å²) in [6, 6.07) is 3.83. The summed E-state index contributed by atoms with van der Waals surface area (Å²) in [4.78, 5) is 14.2. The van der Waals surface area contributed by atoms with Gasteiger partial charge in [0.1, 0.15) is 0 Å². The summed E-state index contributed by atoms with van der Waals surface area (Å²) in [6.07, 6.45) is 0. The van der Waals surface area contributed by atoms with E-state index in [0.29, 0.717) is 0 Å². The molecule has 0 aliphatic carbocycles. The summed E-state index contributed by atoms with van der Waals surface area (Å²) in [5.74, 6) is 0. The first-order valence-electron chi connectivity index (χ1n) is 4.11. The zero-order valence-corrected chi connectivity index (χ0v) is 8.06. The Bertz CT molecular complexity index is 330. The van der Waals surface area contributed by atoms with Crippen molar-refractivity contribution in [2.75, 3.05) is 0 Å². The van der Waals surface area contributed by atoms with Gasteiger partial charge in [-0.25, -0.2) is 0 Å². The number of rotatable bonds is 0. The normalized spacial score (nSPS) is 11.7. The average molecular weight is 165 g/mol. The van der Waals surface area contributed by atoms with Gasteiger partial charge in [-0.3, -0.25) is 4.79 Å². The molecule has 2 heteroatoms. The average Bonchev–Trinajstić information content (AvgIpc) is 1.83. The molecular weight excluding hydrogens is 150 g/mol. The molecule has 0 fully saturated rings. The van der Waals surface area contributed by atoms with E-state index in [-0.39, 0.29) is 11.0 Å². The van der Waals surface area contributed by atoms with Gasteiger partial charge in [0.05, 0.1) is 0 Å². The first-order valence-corrected chi connectivity index (χ1v) is 4.11. The van der Waals surface area contributed by atoms with Crippen molar-refractivity contribution >= 4 is 0 Å². The third-order valence-electron chi connectivity index (χ3n) is 1.86. The van der Waals surface area contributed by atoms with Crippen LogP contribution in [0.15, 0.2) is 16.9 Å². The Morgan fingerprint density at radius 3 is 2.25 bits per heavy atom. The first-order chi connectivity index (χ1) is 5.41. The van der Waals surface area contributed by atoms with Crippen LogP contribution in [-0.2, 0) is 5.41 Å². The fourth-order valence-corrected chi connectivity index (χ4v) is 1.16. The Balaban J connectivity index is 3.29. The van der Waals surface area contributed by atoms with Gasteiger partial charge in [0.15, 0.2) is 0 Å². The van der Waals surface area contributed by atoms with Crippen LogP contribution in [0.5, 0.6) is 0 Å². The van der Waals surface area contributed by atoms with Crippen LogP contribution in [0.2, 0.25) is 0 Å². The highest BCUT2D eigenvalue weighted by Crippen LogP contribution is 2.17. The molecule has 2 nitrogen and oxygen atoms in total. The maximum atomic E-state index is 11.4. The van der Waals surface area contributed by atoms with E-state index < -0.39 is 0 Å². The van der Waals surface area contributed by atoms with Crippen molar-refractivity contribution in [1.29, 1.82) is 0 Å². The first kappa shape index (κ1) is 9.04. The second-order valence-corrected chi connectivity index (χ2v) is 4.13. The molecule has 1 aromatic rings. The zero-order valence-electron chi connectivity index (χ0n) is 8.06. The lowest BCUT2D eigenvalue weighted by Crippen LogP contribution is -2.24. The maximum Gasteiger partial charge on any atom is 0.251 e. The van der Waals surface area contributed by atoms with Gasteiger partial charge in [-0.15, -0.1) is 0 Å². The van der Waals surface area contributed by atoms with Gasteiger partial charge in [-0.1, -0.05) is 26.8 Å². The molecule has 0 aliphatic rings. The van der Waals surface area contributed by atoms with Gasteiger partial charge in [0, 0.05) is 11.3 Å². The van der Waals surface area contributed by atoms with Crippen molar-refractivity contribution in [2.45, 2.75) is 33.1 Å². The molecule has 0 saturated heterocycles. The summed E-state index contributed by atoms with van der Waals surface area (Å²) < 4.78 is 0. The van der Waals surface area contributed by atoms with E-state index in [4.69, 9.17) is 0 Å². The highest BCUT2D eigenvalue weighted by Gasteiger charge is 2.16. The van der Waals surface area contributed by atoms with Gasteiger partial charge >= 0.3 is 0 Å². The molecule has 1 N–H and O–H groups in total. The van der Waals surface area contributed by atoms with Gasteiger partial charge in [-0.05, 0) is 18.4 Å². The van der Waals surface area contributed by atoms with Gasteiger partial charge < -0.3 is 4.98 Å². The smallest absolute Gasteiger partial charge is 0.251 e. The van der Waals surface area contributed by atoms with Crippen LogP contribution in [0.25, 0.3) is 0 Å². The third kappa shape index (κ3) is 1.76. The second kappa shape index (κ2) is 2.77. The predicted octanol–water partition coefficient (Wildman–Crippen LogP) is 1.98. The van der Waals surface area contributed by atoms with E-state index >= 15 is 0 Å². The molecule has 1 heterocycles. The topological polar surface area (TPSA) is 32.9 Å². The Kier molecular flexibility index (Phi) is 2.09. The van der Waals surface area contributed by atoms with E-state index in [1.165, 1.54) is 0 Å². The molecule has 0 spiro atoms. The number of hydrogen-bond donors (Lipinski definition) is 1. The Morgan fingerprint density at radius 1 is 1.25 bits per heavy atom. The number of aromatic nitrogens is 1. The second-order valence-electron chi connectivity index (χ2n) is 4.13. The van der Waals surface area contributed by atoms with Crippen LogP contribution >= 0.6 is 0 Å². The van der Waals surface area contributed by atoms with Crippen LogP contribution in [0.4, 0.5) is 0 Å². The van der Waals surface area contributed by atoms with E-state index in [0.717, 1.165) is 11.3 Å². The molecule has 1 aromatic heterocycles. The fourth-order valence-electron chi connectivity index (χ4n) is 1.16. The fraction of sp³-hybridized carbons (Fsp3) is 0.500. The standard InChI is InChI=1S/C10H15NO/c1-7-5-6-8(9(12)11-7)10(2,3)4/h5-6H,1-4H3,(H,11,12). The minimum absolute atomic E-state index is 0.0301. The highest BCUT2D eigenvalue weighted by molar-refractivity contribution is 5.20. The minimum Gasteiger partial charge on any atom is -0.326 e. The van der Waals surface area contributed by atoms with E-state index in [1.807, 2.05) is 39.8 Å². The molecule has 0 radical (unpaired) electrons. The highest BCUT2D eigenvalue weighted by atomic mass is 16.1. The Morgan fingerprint density at radius 2 is 1.83 bits per heavy atom. The molecule has 12 heavy (non-hydrogen) atoms. The van der Waals surface area contributed by atoms with Crippen molar-refractivity contribution in [3.63, 3.8) is 0 Å². The minimum atomic E-state index is -0.0682. The predicted molar refractivity (Wildman–Crippen MR) is 50.5 cm³/mol. The van der Waals surface area contributed by atoms with Gasteiger partial charge in [0.2, 0.25) is 0 Å². The number of nitrogens with one attached hydrogen (secondary N) is 1. The lowest BCUT2D eigenvalue weighted by molar-refractivity contribution is 0.581. The summed E-state index contributed by atoms with van der Waals surface area (Å²) in [6.45, 7) is 7.99. The molecule has 0 aliphatic heterocycles. The summed E-state index contributed by atoms with van der Waals surface area (Å²) in [7, 11) is 0. The van der Waals surface area contributed by atoms with Crippen LogP contribution in [0.3, 0.4) is 0 Å². The maximum absolute atomic E-state index is 11.4. The molecule has 0 atom stereocenters. The van der Waals surface area contributed by atoms with Crippen LogP contribution < -0.4 is 5.56 Å². The van der Waals surface area contributed by atoms with Crippen molar-refractivity contribution < 1.29 is 0 Å². The number of H-pyrrole nitrogens is 1. The van der Waals surface area contributed by atoms with Crippen LogP contribution in [-0.4, -0.2) is 4.98 Å². The number of aromatic amines is 1. The lowest BCUT2D eigenvalue weighted by Gasteiger charge is -2.17. The number of hydrogen-bond acceptors (Lipinski definition) is 1. The molecule has 0 bridgehead atoms. The molecular formula is C10H15NO. The summed E-state index contributed by atoms with van der Waals surface area (Å²) >= 11 is 0. The summed E-state index contributed by atoms with van der Waals surface area (Å²) in [5, 5.41) is 0. The Hall–Kier alpha value is -1.05. The zero-order chi connectivity index (χ0) is 9.35. The van der Waals surface area contributed by atoms with Crippen LogP contribution in [0.1, 0.15) is 32.0 Å². The van der Waals surface area contributed by atoms with Gasteiger partial charge in [-0.2, -0.15) is 0 Å². The molecule has 0 unspecified atom stereocenters. The largest absolute Gasteiger partial charge is 0.326 e. The Labute approximate surface area is 72.6 Å². The lowest BCUT2D eigenvalue weighted by atomic mass is 9.88. The molecule has 66 valence electrons. The van der Waals surface area contributed by atoms with Crippen molar-refractivity contribution in [3.05, 3.63) is 33.7 Å². The van der Waals surface area contributed by atoms with Crippen molar-refractivity contribution in [3.8, 4) is 0 Å². The third-order valence-corrected chi connectivity index (χ3v) is 1.86.